The maximum atomic E-state index is 12.2. The number of methoxy groups -OCH3 is 1. The Balaban J connectivity index is 1.56. The van der Waals surface area contributed by atoms with E-state index in [0.717, 1.165) is 48.6 Å². The quantitative estimate of drug-likeness (QED) is 0.684. The van der Waals surface area contributed by atoms with Gasteiger partial charge in [0.2, 0.25) is 0 Å². The molecule has 6 nitrogen and oxygen atoms in total. The van der Waals surface area contributed by atoms with Crippen LogP contribution in [0.15, 0.2) is 45.6 Å². The number of fused-ring (bicyclic) bond motifs is 1. The standard InChI is InChI=1S/C23H26N2O4/c1-15-16(2)23(27)29-22-17(15)8-9-20(26)18(22)14-24-10-12-25(13-11-24)19-6-4-5-7-21(19)28-3/h4-9,26H,10-14H2,1-3H3. The van der Waals surface area contributed by atoms with Gasteiger partial charge in [-0.3, -0.25) is 4.90 Å². The van der Waals surface area contributed by atoms with Gasteiger partial charge in [-0.2, -0.15) is 0 Å². The lowest BCUT2D eigenvalue weighted by Crippen LogP contribution is -2.46. The fourth-order valence-corrected chi connectivity index (χ4v) is 3.97. The minimum atomic E-state index is -0.345. The number of hydrogen-bond donors (Lipinski definition) is 1. The molecule has 29 heavy (non-hydrogen) atoms. The molecule has 0 amide bonds. The summed E-state index contributed by atoms with van der Waals surface area (Å²) in [6, 6.07) is 11.5. The number of benzene rings is 2. The zero-order valence-corrected chi connectivity index (χ0v) is 17.1. The monoisotopic (exact) mass is 394 g/mol. The summed E-state index contributed by atoms with van der Waals surface area (Å²) in [6.45, 7) is 7.61. The van der Waals surface area contributed by atoms with Crippen molar-refractivity contribution in [1.29, 1.82) is 0 Å². The van der Waals surface area contributed by atoms with Gasteiger partial charge in [-0.1, -0.05) is 12.1 Å². The summed E-state index contributed by atoms with van der Waals surface area (Å²) in [5, 5.41) is 11.4. The zero-order chi connectivity index (χ0) is 20.5. The van der Waals surface area contributed by atoms with Crippen LogP contribution in [0, 0.1) is 13.8 Å². The lowest BCUT2D eigenvalue weighted by Gasteiger charge is -2.36. The van der Waals surface area contributed by atoms with Gasteiger partial charge in [-0.15, -0.1) is 0 Å². The van der Waals surface area contributed by atoms with Crippen LogP contribution in [0.3, 0.4) is 0 Å². The number of rotatable bonds is 4. The molecule has 2 aromatic carbocycles. The topological polar surface area (TPSA) is 66.2 Å². The molecule has 1 aliphatic heterocycles. The van der Waals surface area contributed by atoms with E-state index in [1.807, 2.05) is 31.2 Å². The van der Waals surface area contributed by atoms with Crippen LogP contribution in [0.2, 0.25) is 0 Å². The van der Waals surface area contributed by atoms with Gasteiger partial charge in [0, 0.05) is 43.7 Å². The summed E-state index contributed by atoms with van der Waals surface area (Å²) in [4.78, 5) is 16.8. The fourth-order valence-electron chi connectivity index (χ4n) is 3.97. The average molecular weight is 394 g/mol. The molecule has 3 aromatic rings. The van der Waals surface area contributed by atoms with E-state index in [9.17, 15) is 9.90 Å². The highest BCUT2D eigenvalue weighted by Crippen LogP contribution is 2.32. The van der Waals surface area contributed by atoms with Crippen LogP contribution in [0.5, 0.6) is 11.5 Å². The van der Waals surface area contributed by atoms with Gasteiger partial charge in [0.15, 0.2) is 0 Å². The van der Waals surface area contributed by atoms with E-state index in [-0.39, 0.29) is 11.4 Å². The van der Waals surface area contributed by atoms with Crippen molar-refractivity contribution in [2.24, 2.45) is 0 Å². The molecule has 0 unspecified atom stereocenters. The summed E-state index contributed by atoms with van der Waals surface area (Å²) < 4.78 is 11.1. The molecule has 1 fully saturated rings. The van der Waals surface area contributed by atoms with Crippen molar-refractivity contribution in [1.82, 2.24) is 4.90 Å². The lowest BCUT2D eigenvalue weighted by molar-refractivity contribution is 0.246. The highest BCUT2D eigenvalue weighted by Gasteiger charge is 2.22. The van der Waals surface area contributed by atoms with E-state index in [2.05, 4.69) is 15.9 Å². The molecule has 0 spiro atoms. The lowest BCUT2D eigenvalue weighted by atomic mass is 10.0. The normalized spacial score (nSPS) is 15.1. The van der Waals surface area contributed by atoms with Gasteiger partial charge in [-0.25, -0.2) is 4.79 Å². The number of phenolic OH excluding ortho intramolecular Hbond substituents is 1. The Morgan fingerprint density at radius 1 is 1.03 bits per heavy atom. The Morgan fingerprint density at radius 3 is 2.48 bits per heavy atom. The summed E-state index contributed by atoms with van der Waals surface area (Å²) in [5.41, 5.74) is 3.43. The number of hydrogen-bond acceptors (Lipinski definition) is 6. The summed E-state index contributed by atoms with van der Waals surface area (Å²) in [6.07, 6.45) is 0. The largest absolute Gasteiger partial charge is 0.507 e. The van der Waals surface area contributed by atoms with Crippen LogP contribution >= 0.6 is 0 Å². The Labute approximate surface area is 169 Å². The number of aryl methyl sites for hydroxylation is 1. The number of piperazine rings is 1. The summed E-state index contributed by atoms with van der Waals surface area (Å²) in [5.74, 6) is 1.04. The van der Waals surface area contributed by atoms with E-state index in [0.29, 0.717) is 23.3 Å². The predicted octanol–water partition coefficient (Wildman–Crippen LogP) is 3.45. The van der Waals surface area contributed by atoms with Gasteiger partial charge in [0.05, 0.1) is 18.4 Å². The van der Waals surface area contributed by atoms with E-state index < -0.39 is 0 Å². The van der Waals surface area contributed by atoms with Crippen LogP contribution in [-0.2, 0) is 6.54 Å². The second-order valence-corrected chi connectivity index (χ2v) is 7.51. The molecule has 152 valence electrons. The molecule has 0 aliphatic carbocycles. The van der Waals surface area contributed by atoms with E-state index in [1.54, 1.807) is 20.1 Å². The maximum Gasteiger partial charge on any atom is 0.339 e. The van der Waals surface area contributed by atoms with E-state index >= 15 is 0 Å². The van der Waals surface area contributed by atoms with Crippen molar-refractivity contribution in [2.45, 2.75) is 20.4 Å². The first-order chi connectivity index (χ1) is 14.0. The van der Waals surface area contributed by atoms with Gasteiger partial charge >= 0.3 is 5.63 Å². The number of aromatic hydroxyl groups is 1. The minimum absolute atomic E-state index is 0.163. The number of anilines is 1. The molecule has 4 rings (SSSR count). The van der Waals surface area contributed by atoms with Gasteiger partial charge in [0.25, 0.3) is 0 Å². The van der Waals surface area contributed by atoms with Crippen LogP contribution in [0.1, 0.15) is 16.7 Å². The molecule has 0 bridgehead atoms. The van der Waals surface area contributed by atoms with Gasteiger partial charge in [0.1, 0.15) is 17.1 Å². The smallest absolute Gasteiger partial charge is 0.339 e. The Morgan fingerprint density at radius 2 is 1.76 bits per heavy atom. The molecule has 2 heterocycles. The van der Waals surface area contributed by atoms with Crippen LogP contribution < -0.4 is 15.3 Å². The first kappa shape index (κ1) is 19.3. The summed E-state index contributed by atoms with van der Waals surface area (Å²) in [7, 11) is 1.69. The Bertz CT molecular complexity index is 1100. The molecule has 1 aliphatic rings. The van der Waals surface area contributed by atoms with Crippen molar-refractivity contribution >= 4 is 16.7 Å². The average Bonchev–Trinajstić information content (AvgIpc) is 2.75. The van der Waals surface area contributed by atoms with Crippen molar-refractivity contribution in [2.75, 3.05) is 38.2 Å². The van der Waals surface area contributed by atoms with Crippen molar-refractivity contribution < 1.29 is 14.3 Å². The van der Waals surface area contributed by atoms with Crippen molar-refractivity contribution in [3.05, 3.63) is 63.5 Å². The Kier molecular flexibility index (Phi) is 5.20. The number of ether oxygens (including phenoxy) is 1. The molecule has 1 saturated heterocycles. The third kappa shape index (κ3) is 3.56. The van der Waals surface area contributed by atoms with Crippen LogP contribution in [0.25, 0.3) is 11.0 Å². The first-order valence-electron chi connectivity index (χ1n) is 9.84. The molecule has 1 N–H and O–H groups in total. The van der Waals surface area contributed by atoms with Crippen LogP contribution in [0.4, 0.5) is 5.69 Å². The summed E-state index contributed by atoms with van der Waals surface area (Å²) >= 11 is 0. The fraction of sp³-hybridized carbons (Fsp3) is 0.348. The van der Waals surface area contributed by atoms with E-state index in [4.69, 9.17) is 9.15 Å². The number of para-hydroxylation sites is 2. The maximum absolute atomic E-state index is 12.2. The Hall–Kier alpha value is -2.99. The third-order valence-corrected chi connectivity index (χ3v) is 5.88. The molecule has 6 heteroatoms. The molecule has 0 radical (unpaired) electrons. The van der Waals surface area contributed by atoms with Crippen molar-refractivity contribution in [3.8, 4) is 11.5 Å². The second kappa shape index (κ2) is 7.79. The molecule has 1 aromatic heterocycles. The SMILES string of the molecule is COc1ccccc1N1CCN(Cc2c(O)ccc3c(C)c(C)c(=O)oc23)CC1. The second-order valence-electron chi connectivity index (χ2n) is 7.51. The highest BCUT2D eigenvalue weighted by atomic mass is 16.5. The number of phenols is 1. The van der Waals surface area contributed by atoms with Crippen LogP contribution in [-0.4, -0.2) is 43.3 Å². The highest BCUT2D eigenvalue weighted by molar-refractivity contribution is 5.85. The van der Waals surface area contributed by atoms with Crippen molar-refractivity contribution in [3.63, 3.8) is 0 Å². The van der Waals surface area contributed by atoms with Gasteiger partial charge in [-0.05, 0) is 43.7 Å². The molecule has 0 atom stereocenters. The predicted molar refractivity (Wildman–Crippen MR) is 114 cm³/mol. The minimum Gasteiger partial charge on any atom is -0.507 e. The molecular weight excluding hydrogens is 368 g/mol. The van der Waals surface area contributed by atoms with E-state index in [1.165, 1.54) is 0 Å². The number of nitrogens with zero attached hydrogens (tertiary/aromatic N) is 2. The first-order valence-corrected chi connectivity index (χ1v) is 9.84. The zero-order valence-electron chi connectivity index (χ0n) is 17.1. The molecular formula is C23H26N2O4. The van der Waals surface area contributed by atoms with Gasteiger partial charge < -0.3 is 19.2 Å². The third-order valence-electron chi connectivity index (χ3n) is 5.88. The molecule has 0 saturated carbocycles.